The molecule has 0 bridgehead atoms. The molecule has 7 amide bonds. The average molecular weight is 1580 g/mol. The maximum Gasteiger partial charge on any atom is 0.410 e. The van der Waals surface area contributed by atoms with E-state index in [1.54, 1.807) is 27.9 Å². The van der Waals surface area contributed by atoms with E-state index in [2.05, 4.69) is 116 Å². The van der Waals surface area contributed by atoms with Crippen LogP contribution in [-0.2, 0) is 33.5 Å². The Hall–Kier alpha value is -11.1. The Labute approximate surface area is 642 Å². The van der Waals surface area contributed by atoms with Crippen LogP contribution in [0.3, 0.4) is 0 Å². The fourth-order valence-electron chi connectivity index (χ4n) is 13.8. The van der Waals surface area contributed by atoms with Gasteiger partial charge in [-0.3, -0.25) is 55.4 Å². The first kappa shape index (κ1) is 74.0. The van der Waals surface area contributed by atoms with E-state index in [0.717, 1.165) is 147 Å². The van der Waals surface area contributed by atoms with Crippen LogP contribution < -0.4 is 37.2 Å². The van der Waals surface area contributed by atoms with Crippen molar-refractivity contribution in [3.05, 3.63) is 131 Å². The lowest BCUT2D eigenvalue weighted by Crippen LogP contribution is -2.46. The number of aromatic nitrogens is 15. The molecule has 6 aliphatic carbocycles. The molecule has 32 nitrogen and oxygen atoms in total. The number of ether oxygens (including phenoxy) is 1. The summed E-state index contributed by atoms with van der Waals surface area (Å²) in [6.07, 6.45) is 14.5. The van der Waals surface area contributed by atoms with Gasteiger partial charge in [0.25, 0.3) is 0 Å². The molecule has 35 heteroatoms. The van der Waals surface area contributed by atoms with Crippen molar-refractivity contribution in [3.8, 4) is 0 Å². The largest absolute Gasteiger partial charge is 0.444 e. The van der Waals surface area contributed by atoms with Crippen LogP contribution in [0, 0.1) is 35.5 Å². The van der Waals surface area contributed by atoms with Gasteiger partial charge in [0, 0.05) is 111 Å². The Balaban J connectivity index is 0.000000107. The highest BCUT2D eigenvalue weighted by Crippen LogP contribution is 2.44. The summed E-state index contributed by atoms with van der Waals surface area (Å²) < 4.78 is 41.1. The normalized spacial score (nSPS) is 19.8. The molecule has 4 aliphatic heterocycles. The molecular formula is C76H85BrF2N24O8. The standard InChI is InChI=1S/C19H21F2N5O2.C19H23N5O3.C14H17N5O.C14H15N5O.C10H9BrN4O/c20-19(21)8-13(9-19)17(28)25-7-6-12(10-25)14-2-1-3-15-22-18(24-26(14)15)23-16(27)11-4-5-11;1-19(2,3)27-18(26)23-10-9-13(11-23)14-5-4-6-15-20-17(22-24(14)15)21-16(25)12-7-8-12;2*20-13(9-4-5-9)17-14-16-12-3-1-2-11(19(12)18-14)10-6-7-15-8-10;11-7-2-1-3-8-12-10(14-15(7)8)13-9(16)6-4-5-6/h1-3,11-13H,4-10H2,(H,23,24,27);4-6,9,12H,7-8,10-11H2,1-3H3,(H,21,22,25);1-3,9-10,15H,4-8H2,(H,17,18,20);1-3,6,9,15H,4-5,7-8H2,(H,17,18,20);1-3,6H,4-5H2,(H,13,14,16). The highest BCUT2D eigenvalue weighted by atomic mass is 79.9. The lowest BCUT2D eigenvalue weighted by atomic mass is 9.80. The van der Waals surface area contributed by atoms with E-state index >= 15 is 0 Å². The van der Waals surface area contributed by atoms with Crippen molar-refractivity contribution in [2.24, 2.45) is 35.5 Å². The van der Waals surface area contributed by atoms with E-state index in [1.807, 2.05) is 116 Å². The number of rotatable bonds is 15. The fourth-order valence-corrected chi connectivity index (χ4v) is 14.2. The fraction of sp³-hybridized carbons (Fsp3) is 0.461. The summed E-state index contributed by atoms with van der Waals surface area (Å²) in [7, 11) is 0. The number of alkyl halides is 2. The number of pyridine rings is 5. The number of halogens is 3. The minimum absolute atomic E-state index is 0.0204. The van der Waals surface area contributed by atoms with Crippen LogP contribution in [0.1, 0.15) is 145 Å². The molecule has 0 radical (unpaired) electrons. The maximum absolute atomic E-state index is 13.1. The molecule has 10 aliphatic rings. The van der Waals surface area contributed by atoms with Gasteiger partial charge in [-0.2, -0.15) is 24.9 Å². The van der Waals surface area contributed by atoms with Gasteiger partial charge in [-0.05, 0) is 192 Å². The van der Waals surface area contributed by atoms with E-state index in [-0.39, 0.29) is 95.8 Å². The van der Waals surface area contributed by atoms with E-state index in [9.17, 15) is 42.3 Å². The maximum atomic E-state index is 13.1. The minimum atomic E-state index is -2.69. The number of anilines is 5. The van der Waals surface area contributed by atoms with Crippen molar-refractivity contribution in [2.45, 2.75) is 134 Å². The van der Waals surface area contributed by atoms with E-state index in [4.69, 9.17) is 4.74 Å². The highest BCUT2D eigenvalue weighted by molar-refractivity contribution is 9.10. The second kappa shape index (κ2) is 31.0. The summed E-state index contributed by atoms with van der Waals surface area (Å²) in [5, 5.41) is 42.4. The van der Waals surface area contributed by atoms with Gasteiger partial charge >= 0.3 is 6.09 Å². The first-order chi connectivity index (χ1) is 53.5. The SMILES string of the molecule is CC(C)(C)OC(=O)N1CC=C(c2cccc3nc(NC(=O)C4CC4)nn23)C1.O=C(Nc1nc2cccc(Br)n2n1)C1CC1.O=C(Nc1nc2cccc(C3=CCNC3)n2n1)C1CC1.O=C(Nc1nc2cccc(C3CCN(C(=O)C4CC(F)(F)C4)C3)n2n1)C1CC1.O=C(Nc1nc2cccc(C3CCNC3)n2n1)C1CC1. The number of hydrogen-bond donors (Lipinski definition) is 7. The molecule has 0 spiro atoms. The Kier molecular flexibility index (Phi) is 20.7. The van der Waals surface area contributed by atoms with Gasteiger partial charge in [-0.15, -0.1) is 25.5 Å². The molecule has 8 fully saturated rings. The summed E-state index contributed by atoms with van der Waals surface area (Å²) in [6.45, 7) is 11.3. The minimum Gasteiger partial charge on any atom is -0.444 e. The summed E-state index contributed by atoms with van der Waals surface area (Å²) in [4.78, 5) is 109. The quantitative estimate of drug-likeness (QED) is 0.0470. The van der Waals surface area contributed by atoms with E-state index in [1.165, 1.54) is 5.57 Å². The summed E-state index contributed by atoms with van der Waals surface area (Å²) in [6, 6.07) is 28.8. The van der Waals surface area contributed by atoms with Crippen molar-refractivity contribution in [1.82, 2.24) is 93.4 Å². The molecule has 14 heterocycles. The molecule has 6 saturated carbocycles. The lowest BCUT2D eigenvalue weighted by molar-refractivity contribution is -0.158. The summed E-state index contributed by atoms with van der Waals surface area (Å²) >= 11 is 3.37. The molecule has 2 unspecified atom stereocenters. The van der Waals surface area contributed by atoms with Gasteiger partial charge in [0.2, 0.25) is 71.1 Å². The number of fused-ring (bicyclic) bond motifs is 5. The first-order valence-corrected chi connectivity index (χ1v) is 38.8. The molecule has 20 rings (SSSR count). The van der Waals surface area contributed by atoms with Gasteiger partial charge in [-0.1, -0.05) is 42.5 Å². The smallest absolute Gasteiger partial charge is 0.410 e. The van der Waals surface area contributed by atoms with Crippen LogP contribution in [0.2, 0.25) is 0 Å². The van der Waals surface area contributed by atoms with Crippen LogP contribution in [0.5, 0.6) is 0 Å². The van der Waals surface area contributed by atoms with E-state index in [0.29, 0.717) is 72.8 Å². The molecule has 578 valence electrons. The van der Waals surface area contributed by atoms with Crippen molar-refractivity contribution in [3.63, 3.8) is 0 Å². The number of amides is 7. The molecule has 10 aromatic rings. The van der Waals surface area contributed by atoms with Crippen LogP contribution >= 0.6 is 15.9 Å². The monoisotopic (exact) mass is 1580 g/mol. The predicted octanol–water partition coefficient (Wildman–Crippen LogP) is 9.21. The molecular weight excluding hydrogens is 1490 g/mol. The van der Waals surface area contributed by atoms with Gasteiger partial charge in [0.1, 0.15) is 10.2 Å². The van der Waals surface area contributed by atoms with Crippen LogP contribution in [0.25, 0.3) is 39.4 Å². The van der Waals surface area contributed by atoms with Crippen LogP contribution in [-0.4, -0.2) is 188 Å². The third-order valence-corrected chi connectivity index (χ3v) is 21.2. The first-order valence-electron chi connectivity index (χ1n) is 38.0. The van der Waals surface area contributed by atoms with Crippen LogP contribution in [0.15, 0.2) is 108 Å². The zero-order valence-electron chi connectivity index (χ0n) is 61.5. The zero-order valence-corrected chi connectivity index (χ0v) is 63.1. The number of carbonyl (C=O) groups is 7. The van der Waals surface area contributed by atoms with Gasteiger partial charge in [-0.25, -0.2) is 36.2 Å². The molecule has 0 aromatic carbocycles. The lowest BCUT2D eigenvalue weighted by Gasteiger charge is -2.36. The highest BCUT2D eigenvalue weighted by Gasteiger charge is 2.50. The van der Waals surface area contributed by atoms with Crippen molar-refractivity contribution < 1.29 is 47.1 Å². The number of likely N-dealkylation sites (tertiary alicyclic amines) is 1. The predicted molar refractivity (Wildman–Crippen MR) is 408 cm³/mol. The molecule has 2 saturated heterocycles. The van der Waals surface area contributed by atoms with E-state index < -0.39 is 17.4 Å². The third-order valence-electron chi connectivity index (χ3n) is 20.6. The number of hydrogen-bond acceptors (Lipinski definition) is 20. The summed E-state index contributed by atoms with van der Waals surface area (Å²) in [5.41, 5.74) is 9.12. The molecule has 10 aromatic heterocycles. The van der Waals surface area contributed by atoms with Crippen molar-refractivity contribution in [1.29, 1.82) is 0 Å². The molecule has 2 atom stereocenters. The van der Waals surface area contributed by atoms with Gasteiger partial charge in [0.15, 0.2) is 28.2 Å². The Bertz CT molecular complexity index is 5320. The Morgan fingerprint density at radius 1 is 0.477 bits per heavy atom. The Morgan fingerprint density at radius 3 is 1.31 bits per heavy atom. The van der Waals surface area contributed by atoms with Gasteiger partial charge in [0.05, 0.1) is 17.9 Å². The number of nitrogens with zero attached hydrogens (tertiary/aromatic N) is 17. The zero-order chi connectivity index (χ0) is 76.8. The van der Waals surface area contributed by atoms with Crippen molar-refractivity contribution >= 4 is 127 Å². The van der Waals surface area contributed by atoms with Crippen LogP contribution in [0.4, 0.5) is 43.3 Å². The van der Waals surface area contributed by atoms with Gasteiger partial charge < -0.3 is 25.2 Å². The number of carbonyl (C=O) groups excluding carboxylic acids is 7. The Morgan fingerprint density at radius 2 is 0.892 bits per heavy atom. The number of nitrogens with one attached hydrogen (secondary N) is 7. The summed E-state index contributed by atoms with van der Waals surface area (Å²) in [5.74, 6) is -0.455. The third kappa shape index (κ3) is 17.7. The topological polar surface area (TPSA) is 370 Å². The second-order valence-electron chi connectivity index (χ2n) is 30.8. The second-order valence-corrected chi connectivity index (χ2v) is 31.6. The average Bonchev–Trinajstić information content (AvgIpc) is 1.68. The van der Waals surface area contributed by atoms with Crippen molar-refractivity contribution in [2.75, 3.05) is 78.9 Å². The molecule has 7 N–H and O–H groups in total. The molecule has 111 heavy (non-hydrogen) atoms.